The molecule has 27 heavy (non-hydrogen) atoms. The maximum atomic E-state index is 13.8. The first-order chi connectivity index (χ1) is 12.8. The van der Waals surface area contributed by atoms with E-state index in [0.29, 0.717) is 16.3 Å². The molecule has 1 heterocycles. The van der Waals surface area contributed by atoms with Crippen molar-refractivity contribution in [2.24, 2.45) is 0 Å². The lowest BCUT2D eigenvalue weighted by atomic mass is 10.1. The summed E-state index contributed by atoms with van der Waals surface area (Å²) in [4.78, 5) is 25.6. The van der Waals surface area contributed by atoms with E-state index < -0.39 is 17.8 Å². The Morgan fingerprint density at radius 2 is 1.96 bits per heavy atom. The zero-order valence-corrected chi connectivity index (χ0v) is 15.6. The number of benzene rings is 2. The fraction of sp³-hybridized carbons (Fsp3) is 0.200. The molecule has 1 N–H and O–H groups in total. The van der Waals surface area contributed by atoms with Crippen molar-refractivity contribution < 1.29 is 18.7 Å². The van der Waals surface area contributed by atoms with Crippen LogP contribution in [-0.2, 0) is 11.3 Å². The minimum absolute atomic E-state index is 0.0191. The standard InChI is InChI=1S/C20H18ClFN2O3/c1-12(2)27-18-8-7-13(9-15(18)21)10-17-19(25)24(20(26)23-17)11-14-5-3-4-6-16(14)22/h3-10,12H,11H2,1-2H3,(H,23,26)/b17-10-. The van der Waals surface area contributed by atoms with E-state index in [-0.39, 0.29) is 23.9 Å². The SMILES string of the molecule is CC(C)Oc1ccc(/C=C2\NC(=O)N(Cc3ccccc3F)C2=O)cc1Cl. The highest BCUT2D eigenvalue weighted by Gasteiger charge is 2.33. The summed E-state index contributed by atoms with van der Waals surface area (Å²) in [5, 5.41) is 2.91. The van der Waals surface area contributed by atoms with Crippen molar-refractivity contribution >= 4 is 29.6 Å². The average molecular weight is 389 g/mol. The molecule has 2 aromatic rings. The van der Waals surface area contributed by atoms with E-state index in [0.717, 1.165) is 4.90 Å². The molecule has 0 aromatic heterocycles. The fourth-order valence-electron chi connectivity index (χ4n) is 2.64. The van der Waals surface area contributed by atoms with Gasteiger partial charge in [-0.25, -0.2) is 9.18 Å². The molecule has 5 nitrogen and oxygen atoms in total. The second-order valence-electron chi connectivity index (χ2n) is 6.33. The number of nitrogens with zero attached hydrogens (tertiary/aromatic N) is 1. The molecule has 0 spiro atoms. The lowest BCUT2D eigenvalue weighted by molar-refractivity contribution is -0.123. The highest BCUT2D eigenvalue weighted by atomic mass is 35.5. The van der Waals surface area contributed by atoms with Crippen molar-refractivity contribution in [1.29, 1.82) is 0 Å². The Hall–Kier alpha value is -2.86. The number of carbonyl (C=O) groups is 2. The Morgan fingerprint density at radius 3 is 2.63 bits per heavy atom. The summed E-state index contributed by atoms with van der Waals surface area (Å²) in [5.74, 6) is -0.457. The number of nitrogens with one attached hydrogen (secondary N) is 1. The van der Waals surface area contributed by atoms with Gasteiger partial charge in [-0.1, -0.05) is 35.9 Å². The van der Waals surface area contributed by atoms with Crippen LogP contribution < -0.4 is 10.1 Å². The van der Waals surface area contributed by atoms with E-state index in [1.807, 2.05) is 13.8 Å². The molecular formula is C20H18ClFN2O3. The predicted octanol–water partition coefficient (Wildman–Crippen LogP) is 4.36. The van der Waals surface area contributed by atoms with Crippen LogP contribution in [0.25, 0.3) is 6.08 Å². The Labute approximate surface area is 161 Å². The summed E-state index contributed by atoms with van der Waals surface area (Å²) in [6.07, 6.45) is 1.50. The Balaban J connectivity index is 1.80. The highest BCUT2D eigenvalue weighted by Crippen LogP contribution is 2.28. The Kier molecular flexibility index (Phi) is 5.46. The van der Waals surface area contributed by atoms with Crippen molar-refractivity contribution in [3.05, 3.63) is 70.1 Å². The van der Waals surface area contributed by atoms with Gasteiger partial charge in [0.05, 0.1) is 17.7 Å². The van der Waals surface area contributed by atoms with Crippen LogP contribution in [0.2, 0.25) is 5.02 Å². The van der Waals surface area contributed by atoms with Gasteiger partial charge in [-0.3, -0.25) is 9.69 Å². The summed E-state index contributed by atoms with van der Waals surface area (Å²) in [7, 11) is 0. The van der Waals surface area contributed by atoms with Crippen LogP contribution in [0, 0.1) is 5.82 Å². The van der Waals surface area contributed by atoms with Gasteiger partial charge in [0.25, 0.3) is 5.91 Å². The lowest BCUT2D eigenvalue weighted by Crippen LogP contribution is -2.30. The smallest absolute Gasteiger partial charge is 0.329 e. The third kappa shape index (κ3) is 4.28. The number of ether oxygens (including phenoxy) is 1. The predicted molar refractivity (Wildman–Crippen MR) is 101 cm³/mol. The van der Waals surface area contributed by atoms with E-state index >= 15 is 0 Å². The zero-order chi connectivity index (χ0) is 19.6. The Morgan fingerprint density at radius 1 is 1.22 bits per heavy atom. The summed E-state index contributed by atoms with van der Waals surface area (Å²) < 4.78 is 19.4. The molecule has 1 fully saturated rings. The highest BCUT2D eigenvalue weighted by molar-refractivity contribution is 6.32. The molecule has 0 aliphatic carbocycles. The van der Waals surface area contributed by atoms with Crippen molar-refractivity contribution in [2.75, 3.05) is 0 Å². The average Bonchev–Trinajstić information content (AvgIpc) is 2.86. The zero-order valence-electron chi connectivity index (χ0n) is 14.8. The maximum Gasteiger partial charge on any atom is 0.329 e. The van der Waals surface area contributed by atoms with Gasteiger partial charge in [0, 0.05) is 5.56 Å². The van der Waals surface area contributed by atoms with E-state index in [1.54, 1.807) is 30.3 Å². The molecule has 3 amide bonds. The summed E-state index contributed by atoms with van der Waals surface area (Å²) >= 11 is 6.20. The molecule has 0 unspecified atom stereocenters. The number of hydrogen-bond donors (Lipinski definition) is 1. The van der Waals surface area contributed by atoms with Crippen LogP contribution in [0.3, 0.4) is 0 Å². The number of imide groups is 1. The first kappa shape index (κ1) is 18.9. The molecule has 1 aliphatic heterocycles. The van der Waals surface area contributed by atoms with Crippen molar-refractivity contribution in [2.45, 2.75) is 26.5 Å². The van der Waals surface area contributed by atoms with E-state index in [4.69, 9.17) is 16.3 Å². The molecular weight excluding hydrogens is 371 g/mol. The van der Waals surface area contributed by atoms with Gasteiger partial charge in [-0.2, -0.15) is 0 Å². The second-order valence-corrected chi connectivity index (χ2v) is 6.73. The first-order valence-corrected chi connectivity index (χ1v) is 8.77. The molecule has 0 atom stereocenters. The van der Waals surface area contributed by atoms with Gasteiger partial charge in [0.15, 0.2) is 0 Å². The fourth-order valence-corrected chi connectivity index (χ4v) is 2.87. The van der Waals surface area contributed by atoms with Crippen molar-refractivity contribution in [3.8, 4) is 5.75 Å². The maximum absolute atomic E-state index is 13.8. The minimum Gasteiger partial charge on any atom is -0.489 e. The van der Waals surface area contributed by atoms with Crippen LogP contribution in [0.5, 0.6) is 5.75 Å². The molecule has 0 bridgehead atoms. The normalized spacial score (nSPS) is 15.6. The van der Waals surface area contributed by atoms with Gasteiger partial charge in [-0.05, 0) is 43.7 Å². The molecule has 2 aromatic carbocycles. The number of amides is 3. The summed E-state index contributed by atoms with van der Waals surface area (Å²) in [5.41, 5.74) is 0.998. The van der Waals surface area contributed by atoms with Crippen LogP contribution in [0.15, 0.2) is 48.2 Å². The van der Waals surface area contributed by atoms with Crippen LogP contribution in [0.4, 0.5) is 9.18 Å². The summed E-state index contributed by atoms with van der Waals surface area (Å²) in [6, 6.07) is 10.5. The van der Waals surface area contributed by atoms with Crippen LogP contribution in [-0.4, -0.2) is 22.9 Å². The molecule has 0 radical (unpaired) electrons. The molecule has 7 heteroatoms. The van der Waals surface area contributed by atoms with E-state index in [1.165, 1.54) is 18.2 Å². The quantitative estimate of drug-likeness (QED) is 0.611. The first-order valence-electron chi connectivity index (χ1n) is 8.39. The third-order valence-corrected chi connectivity index (χ3v) is 4.17. The number of urea groups is 1. The molecule has 3 rings (SSSR count). The minimum atomic E-state index is -0.597. The van der Waals surface area contributed by atoms with Gasteiger partial charge in [0.1, 0.15) is 17.3 Å². The summed E-state index contributed by atoms with van der Waals surface area (Å²) in [6.45, 7) is 3.64. The van der Waals surface area contributed by atoms with Gasteiger partial charge in [-0.15, -0.1) is 0 Å². The number of carbonyl (C=O) groups excluding carboxylic acids is 2. The van der Waals surface area contributed by atoms with Crippen molar-refractivity contribution in [3.63, 3.8) is 0 Å². The molecule has 1 saturated heterocycles. The molecule has 140 valence electrons. The van der Waals surface area contributed by atoms with Gasteiger partial charge < -0.3 is 10.1 Å². The second kappa shape index (κ2) is 7.80. The van der Waals surface area contributed by atoms with Crippen LogP contribution in [0.1, 0.15) is 25.0 Å². The van der Waals surface area contributed by atoms with Gasteiger partial charge in [0.2, 0.25) is 0 Å². The lowest BCUT2D eigenvalue weighted by Gasteiger charge is -2.12. The third-order valence-electron chi connectivity index (χ3n) is 3.88. The number of hydrogen-bond acceptors (Lipinski definition) is 3. The van der Waals surface area contributed by atoms with Crippen LogP contribution >= 0.6 is 11.6 Å². The topological polar surface area (TPSA) is 58.6 Å². The van der Waals surface area contributed by atoms with Crippen molar-refractivity contribution in [1.82, 2.24) is 10.2 Å². The van der Waals surface area contributed by atoms with Gasteiger partial charge >= 0.3 is 6.03 Å². The van der Waals surface area contributed by atoms with E-state index in [9.17, 15) is 14.0 Å². The largest absolute Gasteiger partial charge is 0.489 e. The number of halogens is 2. The molecule has 1 aliphatic rings. The molecule has 0 saturated carbocycles. The Bertz CT molecular complexity index is 927. The number of rotatable bonds is 5. The van der Waals surface area contributed by atoms with E-state index in [2.05, 4.69) is 5.32 Å². The monoisotopic (exact) mass is 388 g/mol.